The van der Waals surface area contributed by atoms with E-state index in [1.165, 1.54) is 6.08 Å². The van der Waals surface area contributed by atoms with Crippen LogP contribution >= 0.6 is 11.3 Å². The number of aliphatic imine (C=N–C) groups is 1. The number of thiophene rings is 1. The summed E-state index contributed by atoms with van der Waals surface area (Å²) >= 11 is 1.64. The third kappa shape index (κ3) is 3.17. The maximum atomic E-state index is 12.1. The highest BCUT2D eigenvalue weighted by Crippen LogP contribution is 2.34. The quantitative estimate of drug-likeness (QED) is 0.728. The number of amides is 1. The number of allylic oxidation sites excluding steroid dienone is 2. The summed E-state index contributed by atoms with van der Waals surface area (Å²) in [5.74, 6) is -0.177. The molecular formula is C17H14N4OS. The van der Waals surface area contributed by atoms with Crippen LogP contribution in [0.1, 0.15) is 6.42 Å². The lowest BCUT2D eigenvalue weighted by atomic mass is 10.1. The van der Waals surface area contributed by atoms with E-state index >= 15 is 0 Å². The van der Waals surface area contributed by atoms with Crippen LogP contribution in [0.2, 0.25) is 0 Å². The molecule has 3 rings (SSSR count). The van der Waals surface area contributed by atoms with Gasteiger partial charge in [-0.15, -0.1) is 11.3 Å². The van der Waals surface area contributed by atoms with Crippen molar-refractivity contribution in [3.63, 3.8) is 0 Å². The van der Waals surface area contributed by atoms with Crippen LogP contribution < -0.4 is 5.32 Å². The van der Waals surface area contributed by atoms with E-state index in [0.717, 1.165) is 22.9 Å². The summed E-state index contributed by atoms with van der Waals surface area (Å²) in [7, 11) is 0. The zero-order chi connectivity index (χ0) is 16.2. The third-order valence-corrected chi connectivity index (χ3v) is 4.33. The molecule has 0 unspecified atom stereocenters. The molecule has 3 N–H and O–H groups in total. The molecule has 0 fully saturated rings. The molecule has 2 aromatic rings. The van der Waals surface area contributed by atoms with Gasteiger partial charge in [0.1, 0.15) is 0 Å². The Bertz CT molecular complexity index is 834. The lowest BCUT2D eigenvalue weighted by molar-refractivity contribution is -0.115. The molecule has 1 aromatic carbocycles. The van der Waals surface area contributed by atoms with Crippen molar-refractivity contribution >= 4 is 46.8 Å². The molecule has 114 valence electrons. The van der Waals surface area contributed by atoms with Crippen molar-refractivity contribution in [1.29, 1.82) is 10.8 Å². The second-order valence-electron chi connectivity index (χ2n) is 4.93. The number of anilines is 1. The SMILES string of the molecule is N=C/C=C(\C=N)C1=Nc2ccc(-c3cccs3)cc2NC(=O)C1. The van der Waals surface area contributed by atoms with E-state index in [0.29, 0.717) is 22.7 Å². The first kappa shape index (κ1) is 15.1. The molecule has 0 saturated heterocycles. The van der Waals surface area contributed by atoms with E-state index in [1.807, 2.05) is 35.7 Å². The second kappa shape index (κ2) is 6.50. The molecular weight excluding hydrogens is 308 g/mol. The Morgan fingerprint density at radius 3 is 2.87 bits per heavy atom. The largest absolute Gasteiger partial charge is 0.324 e. The fraction of sp³-hybridized carbons (Fsp3) is 0.0588. The van der Waals surface area contributed by atoms with Gasteiger partial charge in [0.2, 0.25) is 5.91 Å². The molecule has 0 aliphatic carbocycles. The minimum Gasteiger partial charge on any atom is -0.324 e. The van der Waals surface area contributed by atoms with Crippen molar-refractivity contribution in [3.05, 3.63) is 47.4 Å². The van der Waals surface area contributed by atoms with Gasteiger partial charge in [-0.2, -0.15) is 0 Å². The van der Waals surface area contributed by atoms with Gasteiger partial charge in [-0.3, -0.25) is 9.79 Å². The van der Waals surface area contributed by atoms with E-state index in [2.05, 4.69) is 10.3 Å². The number of fused-ring (bicyclic) bond motifs is 1. The summed E-state index contributed by atoms with van der Waals surface area (Å²) in [4.78, 5) is 17.8. The molecule has 1 aromatic heterocycles. The molecule has 23 heavy (non-hydrogen) atoms. The Kier molecular flexibility index (Phi) is 4.25. The summed E-state index contributed by atoms with van der Waals surface area (Å²) in [6, 6.07) is 9.75. The molecule has 1 aliphatic heterocycles. The Morgan fingerprint density at radius 2 is 2.17 bits per heavy atom. The Morgan fingerprint density at radius 1 is 1.30 bits per heavy atom. The fourth-order valence-corrected chi connectivity index (χ4v) is 3.07. The minimum atomic E-state index is -0.177. The lowest BCUT2D eigenvalue weighted by Gasteiger charge is -2.06. The molecule has 0 bridgehead atoms. The van der Waals surface area contributed by atoms with Crippen molar-refractivity contribution < 1.29 is 4.79 Å². The van der Waals surface area contributed by atoms with Crippen LogP contribution in [0.25, 0.3) is 10.4 Å². The van der Waals surface area contributed by atoms with Crippen LogP contribution in [0.4, 0.5) is 11.4 Å². The van der Waals surface area contributed by atoms with Crippen LogP contribution in [-0.2, 0) is 4.79 Å². The molecule has 0 radical (unpaired) electrons. The highest BCUT2D eigenvalue weighted by molar-refractivity contribution is 7.13. The van der Waals surface area contributed by atoms with Crippen LogP contribution in [0.3, 0.4) is 0 Å². The van der Waals surface area contributed by atoms with Crippen molar-refractivity contribution in [2.24, 2.45) is 4.99 Å². The molecule has 1 amide bonds. The minimum absolute atomic E-state index is 0.0814. The van der Waals surface area contributed by atoms with Crippen molar-refractivity contribution in [2.75, 3.05) is 5.32 Å². The summed E-state index contributed by atoms with van der Waals surface area (Å²) in [5.41, 5.74) is 3.30. The Balaban J connectivity index is 2.07. The number of carbonyl (C=O) groups is 1. The van der Waals surface area contributed by atoms with Gasteiger partial charge in [0.05, 0.1) is 23.5 Å². The van der Waals surface area contributed by atoms with Gasteiger partial charge >= 0.3 is 0 Å². The number of rotatable bonds is 4. The maximum Gasteiger partial charge on any atom is 0.230 e. The van der Waals surface area contributed by atoms with E-state index in [-0.39, 0.29) is 12.3 Å². The molecule has 6 heteroatoms. The monoisotopic (exact) mass is 322 g/mol. The summed E-state index contributed by atoms with van der Waals surface area (Å²) in [6.45, 7) is 0. The van der Waals surface area contributed by atoms with Gasteiger partial charge in [0.25, 0.3) is 0 Å². The number of benzene rings is 1. The number of nitrogens with one attached hydrogen (secondary N) is 3. The second-order valence-corrected chi connectivity index (χ2v) is 5.87. The first-order chi connectivity index (χ1) is 11.2. The van der Waals surface area contributed by atoms with E-state index < -0.39 is 0 Å². The van der Waals surface area contributed by atoms with Gasteiger partial charge in [-0.1, -0.05) is 12.1 Å². The number of hydrogen-bond donors (Lipinski definition) is 3. The smallest absolute Gasteiger partial charge is 0.230 e. The highest BCUT2D eigenvalue weighted by Gasteiger charge is 2.18. The first-order valence-corrected chi connectivity index (χ1v) is 7.86. The molecule has 0 saturated carbocycles. The van der Waals surface area contributed by atoms with Gasteiger partial charge in [0.15, 0.2) is 0 Å². The van der Waals surface area contributed by atoms with Crippen molar-refractivity contribution in [3.8, 4) is 10.4 Å². The van der Waals surface area contributed by atoms with Gasteiger partial charge in [0, 0.05) is 22.9 Å². The Labute approximate surface area is 137 Å². The van der Waals surface area contributed by atoms with Gasteiger partial charge < -0.3 is 16.1 Å². The zero-order valence-corrected chi connectivity index (χ0v) is 13.0. The van der Waals surface area contributed by atoms with Gasteiger partial charge in [-0.05, 0) is 35.2 Å². The van der Waals surface area contributed by atoms with Crippen molar-refractivity contribution in [2.45, 2.75) is 6.42 Å². The highest BCUT2D eigenvalue weighted by atomic mass is 32.1. The summed E-state index contributed by atoms with van der Waals surface area (Å²) in [5, 5.41) is 19.5. The molecule has 2 heterocycles. The third-order valence-electron chi connectivity index (χ3n) is 3.41. The zero-order valence-electron chi connectivity index (χ0n) is 12.2. The average Bonchev–Trinajstić information content (AvgIpc) is 3.02. The predicted molar refractivity (Wildman–Crippen MR) is 95.7 cm³/mol. The summed E-state index contributed by atoms with van der Waals surface area (Å²) in [6.07, 6.45) is 3.75. The molecule has 0 atom stereocenters. The fourth-order valence-electron chi connectivity index (χ4n) is 2.35. The number of hydrogen-bond acceptors (Lipinski definition) is 5. The average molecular weight is 322 g/mol. The van der Waals surface area contributed by atoms with Gasteiger partial charge in [-0.25, -0.2) is 0 Å². The number of nitrogens with zero attached hydrogens (tertiary/aromatic N) is 1. The lowest BCUT2D eigenvalue weighted by Crippen LogP contribution is -2.16. The number of carbonyl (C=O) groups excluding carboxylic acids is 1. The van der Waals surface area contributed by atoms with Crippen LogP contribution in [-0.4, -0.2) is 24.0 Å². The predicted octanol–water partition coefficient (Wildman–Crippen LogP) is 4.06. The van der Waals surface area contributed by atoms with E-state index in [4.69, 9.17) is 10.8 Å². The first-order valence-electron chi connectivity index (χ1n) is 6.98. The van der Waals surface area contributed by atoms with Crippen LogP contribution in [0.15, 0.2) is 52.4 Å². The molecule has 0 spiro atoms. The van der Waals surface area contributed by atoms with E-state index in [9.17, 15) is 4.79 Å². The topological polar surface area (TPSA) is 89.2 Å². The molecule has 1 aliphatic rings. The maximum absolute atomic E-state index is 12.1. The standard InChI is InChI=1S/C17H14N4OS/c18-6-5-12(10-19)14-9-17(22)21-15-8-11(3-4-13(15)20-14)16-2-1-7-23-16/h1-8,10,18-19H,9H2,(H,21,22)/b12-5+,18-6?,19-10?. The molecule has 5 nitrogen and oxygen atoms in total. The van der Waals surface area contributed by atoms with Crippen LogP contribution in [0, 0.1) is 10.8 Å². The summed E-state index contributed by atoms with van der Waals surface area (Å²) < 4.78 is 0. The van der Waals surface area contributed by atoms with Crippen LogP contribution in [0.5, 0.6) is 0 Å². The normalized spacial score (nSPS) is 14.3. The Hall–Kier alpha value is -2.86. The van der Waals surface area contributed by atoms with E-state index in [1.54, 1.807) is 11.3 Å². The van der Waals surface area contributed by atoms with Crippen molar-refractivity contribution in [1.82, 2.24) is 0 Å².